The van der Waals surface area contributed by atoms with Gasteiger partial charge >= 0.3 is 5.97 Å². The first-order valence-corrected chi connectivity index (χ1v) is 7.35. The van der Waals surface area contributed by atoms with Gasteiger partial charge in [-0.3, -0.25) is 9.59 Å². The van der Waals surface area contributed by atoms with E-state index in [9.17, 15) is 9.59 Å². The molecule has 0 bridgehead atoms. The van der Waals surface area contributed by atoms with Crippen molar-refractivity contribution in [2.24, 2.45) is 0 Å². The van der Waals surface area contributed by atoms with Crippen LogP contribution in [0.15, 0.2) is 24.3 Å². The highest BCUT2D eigenvalue weighted by molar-refractivity contribution is 5.87. The largest absolute Gasteiger partial charge is 0.491 e. The highest BCUT2D eigenvalue weighted by Crippen LogP contribution is 2.30. The van der Waals surface area contributed by atoms with Gasteiger partial charge in [-0.25, -0.2) is 0 Å². The van der Waals surface area contributed by atoms with E-state index in [1.54, 1.807) is 6.92 Å². The number of para-hydroxylation sites is 2. The van der Waals surface area contributed by atoms with E-state index in [0.29, 0.717) is 19.8 Å². The summed E-state index contributed by atoms with van der Waals surface area (Å²) < 4.78 is 10.5. The number of hydrogen-bond acceptors (Lipinski definition) is 5. The second kappa shape index (κ2) is 7.67. The molecule has 0 aliphatic carbocycles. The van der Waals surface area contributed by atoms with Crippen LogP contribution in [-0.4, -0.2) is 38.1 Å². The predicted octanol–water partition coefficient (Wildman–Crippen LogP) is 2.19. The lowest BCUT2D eigenvalue weighted by Crippen LogP contribution is -2.30. The minimum Gasteiger partial charge on any atom is -0.491 e. The van der Waals surface area contributed by atoms with E-state index >= 15 is 0 Å². The molecule has 0 saturated carbocycles. The molecule has 0 unspecified atom stereocenters. The van der Waals surface area contributed by atoms with Crippen molar-refractivity contribution < 1.29 is 19.1 Å². The number of nitrogens with zero attached hydrogens (tertiary/aromatic N) is 1. The van der Waals surface area contributed by atoms with Crippen LogP contribution in [-0.2, 0) is 14.3 Å². The van der Waals surface area contributed by atoms with Gasteiger partial charge in [-0.1, -0.05) is 12.1 Å². The van der Waals surface area contributed by atoms with Crippen molar-refractivity contribution in [2.45, 2.75) is 26.2 Å². The third kappa shape index (κ3) is 4.48. The molecule has 0 aromatic heterocycles. The zero-order chi connectivity index (χ0) is 15.1. The Morgan fingerprint density at radius 3 is 2.90 bits per heavy atom. The van der Waals surface area contributed by atoms with E-state index in [1.165, 1.54) is 0 Å². The number of ether oxygens (including phenoxy) is 2. The average Bonchev–Trinajstić information content (AvgIpc) is 2.68. The zero-order valence-corrected chi connectivity index (χ0v) is 12.3. The number of benzene rings is 1. The van der Waals surface area contributed by atoms with Crippen LogP contribution in [0.1, 0.15) is 26.2 Å². The topological polar surface area (TPSA) is 55.8 Å². The minimum absolute atomic E-state index is 0.0414. The Morgan fingerprint density at radius 1 is 1.29 bits per heavy atom. The molecule has 0 spiro atoms. The van der Waals surface area contributed by atoms with Gasteiger partial charge in [0.05, 0.1) is 31.9 Å². The van der Waals surface area contributed by atoms with Gasteiger partial charge in [0.25, 0.3) is 0 Å². The number of esters is 1. The molecule has 0 atom stereocenters. The quantitative estimate of drug-likeness (QED) is 0.752. The monoisotopic (exact) mass is 291 g/mol. The fourth-order valence-electron chi connectivity index (χ4n) is 2.33. The smallest absolute Gasteiger partial charge is 0.306 e. The number of fused-ring (bicyclic) bond motifs is 1. The summed E-state index contributed by atoms with van der Waals surface area (Å²) in [5.74, 6) is 0.540. The highest BCUT2D eigenvalue weighted by Gasteiger charge is 2.18. The fourth-order valence-corrected chi connectivity index (χ4v) is 2.33. The molecule has 1 aliphatic heterocycles. The molecule has 1 heterocycles. The lowest BCUT2D eigenvalue weighted by atomic mass is 10.2. The Bertz CT molecular complexity index is 501. The van der Waals surface area contributed by atoms with Crippen LogP contribution in [0.4, 0.5) is 5.69 Å². The van der Waals surface area contributed by atoms with E-state index in [4.69, 9.17) is 9.47 Å². The van der Waals surface area contributed by atoms with Gasteiger partial charge in [0, 0.05) is 13.0 Å². The van der Waals surface area contributed by atoms with Crippen LogP contribution in [0.25, 0.3) is 0 Å². The lowest BCUT2D eigenvalue weighted by Gasteiger charge is -2.22. The molecule has 2 rings (SSSR count). The van der Waals surface area contributed by atoms with Crippen molar-refractivity contribution >= 4 is 17.4 Å². The summed E-state index contributed by atoms with van der Waals surface area (Å²) in [6.45, 7) is 3.85. The normalized spacial score (nSPS) is 13.9. The van der Waals surface area contributed by atoms with Gasteiger partial charge in [-0.2, -0.15) is 0 Å². The molecule has 1 aromatic rings. The standard InChI is InChI=1S/C16H21NO4/c1-2-20-16(19)9-8-13(18)12-17-10-5-11-21-15-7-4-3-6-14(15)17/h3-4,6-7H,2,5,8-12H2,1H3. The Morgan fingerprint density at radius 2 is 2.10 bits per heavy atom. The molecule has 5 heteroatoms. The van der Waals surface area contributed by atoms with Crippen molar-refractivity contribution in [2.75, 3.05) is 31.2 Å². The minimum atomic E-state index is -0.314. The second-order valence-electron chi connectivity index (χ2n) is 4.93. The molecule has 0 N–H and O–H groups in total. The van der Waals surface area contributed by atoms with E-state index in [2.05, 4.69) is 0 Å². The maximum Gasteiger partial charge on any atom is 0.306 e. The van der Waals surface area contributed by atoms with Crippen LogP contribution in [0.5, 0.6) is 5.75 Å². The molecule has 21 heavy (non-hydrogen) atoms. The Hall–Kier alpha value is -2.04. The number of anilines is 1. The molecule has 0 amide bonds. The second-order valence-corrected chi connectivity index (χ2v) is 4.93. The van der Waals surface area contributed by atoms with Crippen molar-refractivity contribution in [1.82, 2.24) is 0 Å². The third-order valence-electron chi connectivity index (χ3n) is 3.32. The maximum absolute atomic E-state index is 12.1. The summed E-state index contributed by atoms with van der Waals surface area (Å²) in [4.78, 5) is 25.4. The number of carbonyl (C=O) groups excluding carboxylic acids is 2. The molecular formula is C16H21NO4. The van der Waals surface area contributed by atoms with Crippen LogP contribution in [0.3, 0.4) is 0 Å². The number of hydrogen-bond donors (Lipinski definition) is 0. The van der Waals surface area contributed by atoms with Crippen molar-refractivity contribution in [1.29, 1.82) is 0 Å². The van der Waals surface area contributed by atoms with Gasteiger partial charge in [-0.15, -0.1) is 0 Å². The molecule has 1 aliphatic rings. The summed E-state index contributed by atoms with van der Waals surface area (Å²) in [5.41, 5.74) is 0.944. The Kier molecular flexibility index (Phi) is 5.60. The number of Topliss-reactive ketones (excluding diaryl/α,β-unsaturated/α-hetero) is 1. The first-order chi connectivity index (χ1) is 10.2. The summed E-state index contributed by atoms with van der Waals surface area (Å²) in [7, 11) is 0. The molecule has 5 nitrogen and oxygen atoms in total. The Balaban J connectivity index is 1.93. The molecule has 0 fully saturated rings. The van der Waals surface area contributed by atoms with Crippen LogP contribution >= 0.6 is 0 Å². The van der Waals surface area contributed by atoms with Gasteiger partial charge in [0.2, 0.25) is 0 Å². The molecular weight excluding hydrogens is 270 g/mol. The van der Waals surface area contributed by atoms with Gasteiger partial charge < -0.3 is 14.4 Å². The van der Waals surface area contributed by atoms with Crippen molar-refractivity contribution in [3.8, 4) is 5.75 Å². The number of carbonyl (C=O) groups is 2. The summed E-state index contributed by atoms with van der Waals surface area (Å²) in [5, 5.41) is 0. The summed E-state index contributed by atoms with van der Waals surface area (Å²) >= 11 is 0. The van der Waals surface area contributed by atoms with E-state index < -0.39 is 0 Å². The van der Waals surface area contributed by atoms with Gasteiger partial charge in [0.1, 0.15) is 5.75 Å². The van der Waals surface area contributed by atoms with Crippen LogP contribution in [0, 0.1) is 0 Å². The molecule has 114 valence electrons. The van der Waals surface area contributed by atoms with E-state index in [0.717, 1.165) is 24.4 Å². The SMILES string of the molecule is CCOC(=O)CCC(=O)CN1CCCOc2ccccc21. The summed E-state index contributed by atoms with van der Waals surface area (Å²) in [6, 6.07) is 7.73. The molecule has 0 saturated heterocycles. The fraction of sp³-hybridized carbons (Fsp3) is 0.500. The Labute approximate surface area is 124 Å². The molecule has 1 aromatic carbocycles. The maximum atomic E-state index is 12.1. The predicted molar refractivity (Wildman–Crippen MR) is 79.6 cm³/mol. The molecule has 0 radical (unpaired) electrons. The zero-order valence-electron chi connectivity index (χ0n) is 12.3. The van der Waals surface area contributed by atoms with Crippen molar-refractivity contribution in [3.63, 3.8) is 0 Å². The van der Waals surface area contributed by atoms with E-state index in [1.807, 2.05) is 29.2 Å². The lowest BCUT2D eigenvalue weighted by molar-refractivity contribution is -0.144. The third-order valence-corrected chi connectivity index (χ3v) is 3.32. The average molecular weight is 291 g/mol. The summed E-state index contributed by atoms with van der Waals surface area (Å²) in [6.07, 6.45) is 1.25. The number of rotatable bonds is 6. The number of ketones is 1. The van der Waals surface area contributed by atoms with E-state index in [-0.39, 0.29) is 24.6 Å². The van der Waals surface area contributed by atoms with Crippen LogP contribution < -0.4 is 9.64 Å². The van der Waals surface area contributed by atoms with Gasteiger partial charge in [-0.05, 0) is 25.5 Å². The van der Waals surface area contributed by atoms with Gasteiger partial charge in [0.15, 0.2) is 5.78 Å². The van der Waals surface area contributed by atoms with Crippen molar-refractivity contribution in [3.05, 3.63) is 24.3 Å². The van der Waals surface area contributed by atoms with Crippen LogP contribution in [0.2, 0.25) is 0 Å². The first-order valence-electron chi connectivity index (χ1n) is 7.35. The highest BCUT2D eigenvalue weighted by atomic mass is 16.5. The first kappa shape index (κ1) is 15.4.